The van der Waals surface area contributed by atoms with Gasteiger partial charge in [-0.05, 0) is 48.9 Å². The summed E-state index contributed by atoms with van der Waals surface area (Å²) >= 11 is 11.8. The number of oxazole rings is 1. The highest BCUT2D eigenvalue weighted by atomic mass is 35.5. The molecule has 0 aliphatic heterocycles. The summed E-state index contributed by atoms with van der Waals surface area (Å²) in [5.41, 5.74) is 1.90. The van der Waals surface area contributed by atoms with Crippen molar-refractivity contribution in [3.8, 4) is 11.3 Å². The average Bonchev–Trinajstić information content (AvgIpc) is 3.10. The van der Waals surface area contributed by atoms with Gasteiger partial charge in [0.15, 0.2) is 11.7 Å². The van der Waals surface area contributed by atoms with Gasteiger partial charge in [0.05, 0.1) is 12.2 Å². The lowest BCUT2D eigenvalue weighted by molar-refractivity contribution is -0.121. The van der Waals surface area contributed by atoms with Gasteiger partial charge in [-0.2, -0.15) is 0 Å². The lowest BCUT2D eigenvalue weighted by Crippen LogP contribution is -2.26. The Labute approximate surface area is 162 Å². The Bertz CT molecular complexity index is 874. The molecule has 0 spiro atoms. The third kappa shape index (κ3) is 4.87. The molecule has 3 rings (SSSR count). The number of carbonyl (C=O) groups excluding carboxylic acids is 1. The van der Waals surface area contributed by atoms with Crippen LogP contribution in [0, 0.1) is 0 Å². The van der Waals surface area contributed by atoms with Crippen LogP contribution in [0.25, 0.3) is 11.3 Å². The average molecular weight is 389 g/mol. The fraction of sp³-hybridized carbons (Fsp3) is 0.200. The number of hydrogen-bond acceptors (Lipinski definition) is 3. The Kier molecular flexibility index (Phi) is 5.96. The van der Waals surface area contributed by atoms with E-state index in [9.17, 15) is 4.79 Å². The molecule has 1 unspecified atom stereocenters. The van der Waals surface area contributed by atoms with Crippen LogP contribution in [0.15, 0.2) is 59.1 Å². The summed E-state index contributed by atoms with van der Waals surface area (Å²) in [7, 11) is 0. The molecule has 0 saturated heterocycles. The summed E-state index contributed by atoms with van der Waals surface area (Å²) in [5.74, 6) is 1.13. The van der Waals surface area contributed by atoms with Crippen LogP contribution < -0.4 is 5.32 Å². The van der Waals surface area contributed by atoms with E-state index >= 15 is 0 Å². The van der Waals surface area contributed by atoms with Crippen molar-refractivity contribution in [3.05, 3.63) is 76.2 Å². The number of benzene rings is 2. The van der Waals surface area contributed by atoms with Gasteiger partial charge in [0.25, 0.3) is 0 Å². The van der Waals surface area contributed by atoms with Crippen LogP contribution in [-0.2, 0) is 11.2 Å². The molecule has 6 heteroatoms. The Hall–Kier alpha value is -2.30. The number of amides is 1. The van der Waals surface area contributed by atoms with Crippen LogP contribution >= 0.6 is 23.2 Å². The molecular formula is C20H18Cl2N2O2. The fourth-order valence-corrected chi connectivity index (χ4v) is 2.79. The van der Waals surface area contributed by atoms with E-state index in [4.69, 9.17) is 27.6 Å². The predicted molar refractivity (Wildman–Crippen MR) is 103 cm³/mol. The van der Waals surface area contributed by atoms with Gasteiger partial charge in [-0.25, -0.2) is 4.98 Å². The van der Waals surface area contributed by atoms with E-state index in [0.29, 0.717) is 34.5 Å². The van der Waals surface area contributed by atoms with Crippen molar-refractivity contribution in [3.63, 3.8) is 0 Å². The molecule has 3 aromatic rings. The molecule has 0 bridgehead atoms. The maximum Gasteiger partial charge on any atom is 0.220 e. The fourth-order valence-electron chi connectivity index (χ4n) is 2.54. The van der Waals surface area contributed by atoms with Crippen LogP contribution in [0.1, 0.15) is 30.8 Å². The van der Waals surface area contributed by atoms with Crippen molar-refractivity contribution < 1.29 is 9.21 Å². The molecule has 0 saturated carbocycles. The molecule has 1 heterocycles. The van der Waals surface area contributed by atoms with E-state index in [1.165, 1.54) is 0 Å². The molecule has 1 N–H and O–H groups in total. The van der Waals surface area contributed by atoms with E-state index in [1.54, 1.807) is 18.3 Å². The van der Waals surface area contributed by atoms with E-state index in [0.717, 1.165) is 11.1 Å². The van der Waals surface area contributed by atoms with Gasteiger partial charge in [-0.15, -0.1) is 0 Å². The number of halogens is 2. The molecule has 1 amide bonds. The Balaban J connectivity index is 1.53. The van der Waals surface area contributed by atoms with Crippen molar-refractivity contribution in [2.45, 2.75) is 25.8 Å². The topological polar surface area (TPSA) is 55.1 Å². The van der Waals surface area contributed by atoms with Crippen molar-refractivity contribution in [1.82, 2.24) is 10.3 Å². The first-order valence-corrected chi connectivity index (χ1v) is 9.02. The Morgan fingerprint density at radius 3 is 2.35 bits per heavy atom. The summed E-state index contributed by atoms with van der Waals surface area (Å²) in [6.07, 6.45) is 2.40. The molecule has 134 valence electrons. The quantitative estimate of drug-likeness (QED) is 0.609. The zero-order valence-corrected chi connectivity index (χ0v) is 15.7. The van der Waals surface area contributed by atoms with E-state index in [2.05, 4.69) is 10.3 Å². The number of carbonyl (C=O) groups is 1. The first-order valence-electron chi connectivity index (χ1n) is 8.27. The molecule has 1 aromatic heterocycles. The smallest absolute Gasteiger partial charge is 0.220 e. The minimum Gasteiger partial charge on any atom is -0.441 e. The molecule has 0 fully saturated rings. The third-order valence-electron chi connectivity index (χ3n) is 4.00. The second-order valence-electron chi connectivity index (χ2n) is 5.97. The van der Waals surface area contributed by atoms with Gasteiger partial charge in [0.1, 0.15) is 0 Å². The van der Waals surface area contributed by atoms with Crippen LogP contribution in [0.2, 0.25) is 10.0 Å². The lowest BCUT2D eigenvalue weighted by atomic mass is 10.1. The van der Waals surface area contributed by atoms with Crippen LogP contribution in [-0.4, -0.2) is 10.9 Å². The van der Waals surface area contributed by atoms with Crippen LogP contribution in [0.5, 0.6) is 0 Å². The largest absolute Gasteiger partial charge is 0.441 e. The third-order valence-corrected chi connectivity index (χ3v) is 4.50. The second-order valence-corrected chi connectivity index (χ2v) is 6.84. The minimum absolute atomic E-state index is 0.0568. The molecule has 26 heavy (non-hydrogen) atoms. The molecule has 4 nitrogen and oxygen atoms in total. The first kappa shape index (κ1) is 18.5. The van der Waals surface area contributed by atoms with Gasteiger partial charge < -0.3 is 9.73 Å². The summed E-state index contributed by atoms with van der Waals surface area (Å²) in [6, 6.07) is 14.7. The van der Waals surface area contributed by atoms with Gasteiger partial charge in [-0.3, -0.25) is 4.79 Å². The first-order chi connectivity index (χ1) is 12.5. The van der Waals surface area contributed by atoms with Crippen molar-refractivity contribution in [2.75, 3.05) is 0 Å². The zero-order chi connectivity index (χ0) is 18.5. The van der Waals surface area contributed by atoms with Gasteiger partial charge >= 0.3 is 0 Å². The Morgan fingerprint density at radius 2 is 1.69 bits per heavy atom. The van der Waals surface area contributed by atoms with Gasteiger partial charge in [0.2, 0.25) is 5.91 Å². The monoisotopic (exact) mass is 388 g/mol. The van der Waals surface area contributed by atoms with Crippen molar-refractivity contribution >= 4 is 29.1 Å². The SMILES string of the molecule is CC(NC(=O)CCc1ncc(-c2ccc(Cl)cc2)o1)c1ccc(Cl)cc1. The Morgan fingerprint density at radius 1 is 1.08 bits per heavy atom. The van der Waals surface area contributed by atoms with E-state index < -0.39 is 0 Å². The lowest BCUT2D eigenvalue weighted by Gasteiger charge is -2.14. The molecule has 2 aromatic carbocycles. The van der Waals surface area contributed by atoms with Gasteiger partial charge in [0, 0.05) is 28.5 Å². The molecular weight excluding hydrogens is 371 g/mol. The minimum atomic E-state index is -0.0889. The molecule has 1 atom stereocenters. The zero-order valence-electron chi connectivity index (χ0n) is 14.2. The maximum absolute atomic E-state index is 12.2. The molecule has 0 aliphatic carbocycles. The summed E-state index contributed by atoms with van der Waals surface area (Å²) in [5, 5.41) is 4.30. The number of aromatic nitrogens is 1. The number of rotatable bonds is 6. The number of hydrogen-bond donors (Lipinski definition) is 1. The van der Waals surface area contributed by atoms with Crippen molar-refractivity contribution in [1.29, 1.82) is 0 Å². The van der Waals surface area contributed by atoms with Crippen LogP contribution in [0.4, 0.5) is 0 Å². The summed E-state index contributed by atoms with van der Waals surface area (Å²) in [4.78, 5) is 16.4. The number of nitrogens with zero attached hydrogens (tertiary/aromatic N) is 1. The predicted octanol–water partition coefficient (Wildman–Crippen LogP) is 5.46. The van der Waals surface area contributed by atoms with E-state index in [-0.39, 0.29) is 11.9 Å². The summed E-state index contributed by atoms with van der Waals surface area (Å²) < 4.78 is 5.71. The molecule has 0 radical (unpaired) electrons. The molecule has 0 aliphatic rings. The highest BCUT2D eigenvalue weighted by Crippen LogP contribution is 2.23. The van der Waals surface area contributed by atoms with E-state index in [1.807, 2.05) is 43.3 Å². The standard InChI is InChI=1S/C20H18Cl2N2O2/c1-13(14-2-6-16(21)7-3-14)24-19(25)10-11-20-23-12-18(26-20)15-4-8-17(22)9-5-15/h2-9,12-13H,10-11H2,1H3,(H,24,25). The van der Waals surface area contributed by atoms with Crippen LogP contribution in [0.3, 0.4) is 0 Å². The normalized spacial score (nSPS) is 12.0. The van der Waals surface area contributed by atoms with Gasteiger partial charge in [-0.1, -0.05) is 35.3 Å². The number of nitrogens with one attached hydrogen (secondary N) is 1. The highest BCUT2D eigenvalue weighted by molar-refractivity contribution is 6.30. The maximum atomic E-state index is 12.2. The number of aryl methyl sites for hydroxylation is 1. The highest BCUT2D eigenvalue weighted by Gasteiger charge is 2.12. The van der Waals surface area contributed by atoms with Crippen molar-refractivity contribution in [2.24, 2.45) is 0 Å². The summed E-state index contributed by atoms with van der Waals surface area (Å²) in [6.45, 7) is 1.94. The second kappa shape index (κ2) is 8.39.